The molecule has 4 nitrogen and oxygen atoms in total. The number of benzene rings is 1. The van der Waals surface area contributed by atoms with Crippen LogP contribution < -0.4 is 5.32 Å². The van der Waals surface area contributed by atoms with Crippen LogP contribution in [0.5, 0.6) is 0 Å². The average Bonchev–Trinajstić information content (AvgIpc) is 3.00. The predicted octanol–water partition coefficient (Wildman–Crippen LogP) is 2.40. The Bertz CT molecular complexity index is 640. The highest BCUT2D eigenvalue weighted by molar-refractivity contribution is 5.80. The molecule has 0 radical (unpaired) electrons. The topological polar surface area (TPSA) is 43.0 Å². The fourth-order valence-electron chi connectivity index (χ4n) is 2.19. The highest BCUT2D eigenvalue weighted by atomic mass is 16.5. The van der Waals surface area contributed by atoms with Gasteiger partial charge in [0.2, 0.25) is 0 Å². The van der Waals surface area contributed by atoms with Crippen LogP contribution in [0.15, 0.2) is 47.2 Å². The minimum Gasteiger partial charge on any atom is -0.359 e. The van der Waals surface area contributed by atoms with Crippen LogP contribution in [0.2, 0.25) is 0 Å². The van der Waals surface area contributed by atoms with E-state index in [9.17, 15) is 0 Å². The molecule has 0 fully saturated rings. The van der Waals surface area contributed by atoms with Gasteiger partial charge in [-0.3, -0.25) is 0 Å². The van der Waals surface area contributed by atoms with Crippen LogP contribution in [-0.4, -0.2) is 16.8 Å². The van der Waals surface area contributed by atoms with Gasteiger partial charge in [0.05, 0.1) is 12.7 Å². The summed E-state index contributed by atoms with van der Waals surface area (Å²) in [4.78, 5) is 0. The van der Waals surface area contributed by atoms with Crippen LogP contribution in [0.4, 0.5) is 0 Å². The first-order chi connectivity index (χ1) is 8.86. The molecule has 0 aliphatic rings. The third kappa shape index (κ3) is 2.02. The molecule has 0 amide bonds. The second kappa shape index (κ2) is 4.66. The molecule has 1 N–H and O–H groups in total. The summed E-state index contributed by atoms with van der Waals surface area (Å²) in [7, 11) is 1.96. The third-order valence-corrected chi connectivity index (χ3v) is 3.03. The Morgan fingerprint density at radius 3 is 3.00 bits per heavy atom. The number of hydrogen-bond donors (Lipinski definition) is 1. The molecular weight excluding hydrogens is 226 g/mol. The molecule has 0 saturated heterocycles. The highest BCUT2D eigenvalue weighted by Gasteiger charge is 2.04. The monoisotopic (exact) mass is 241 g/mol. The lowest BCUT2D eigenvalue weighted by Crippen LogP contribution is -2.04. The first kappa shape index (κ1) is 11.0. The van der Waals surface area contributed by atoms with Crippen molar-refractivity contribution >= 4 is 10.9 Å². The third-order valence-electron chi connectivity index (χ3n) is 3.03. The predicted molar refractivity (Wildman–Crippen MR) is 70.3 cm³/mol. The van der Waals surface area contributed by atoms with Crippen LogP contribution in [0.1, 0.15) is 11.3 Å². The Morgan fingerprint density at radius 2 is 2.22 bits per heavy atom. The zero-order valence-electron chi connectivity index (χ0n) is 10.3. The molecule has 1 aromatic carbocycles. The van der Waals surface area contributed by atoms with Crippen LogP contribution in [0.3, 0.4) is 0 Å². The molecule has 0 spiro atoms. The standard InChI is InChI=1S/C14H15N3O/c1-15-9-11-2-3-14-12(8-11)5-7-17(14)10-13-4-6-16-18-13/h2-8,15H,9-10H2,1H3. The Morgan fingerprint density at radius 1 is 1.28 bits per heavy atom. The minimum absolute atomic E-state index is 0.717. The summed E-state index contributed by atoms with van der Waals surface area (Å²) in [5, 5.41) is 8.14. The lowest BCUT2D eigenvalue weighted by Gasteiger charge is -2.04. The zero-order chi connectivity index (χ0) is 12.4. The fraction of sp³-hybridized carbons (Fsp3) is 0.214. The molecule has 92 valence electrons. The minimum atomic E-state index is 0.717. The van der Waals surface area contributed by atoms with Crippen molar-refractivity contribution in [2.75, 3.05) is 7.05 Å². The number of rotatable bonds is 4. The van der Waals surface area contributed by atoms with Gasteiger partial charge >= 0.3 is 0 Å². The number of hydrogen-bond acceptors (Lipinski definition) is 3. The SMILES string of the molecule is CNCc1ccc2c(ccn2Cc2ccno2)c1. The van der Waals surface area contributed by atoms with Gasteiger partial charge in [-0.15, -0.1) is 0 Å². The van der Waals surface area contributed by atoms with Gasteiger partial charge in [-0.1, -0.05) is 11.2 Å². The Kier molecular flexibility index (Phi) is 2.86. The molecule has 0 saturated carbocycles. The Hall–Kier alpha value is -2.07. The molecule has 0 atom stereocenters. The van der Waals surface area contributed by atoms with E-state index in [1.807, 2.05) is 13.1 Å². The van der Waals surface area contributed by atoms with Crippen molar-refractivity contribution in [2.24, 2.45) is 0 Å². The summed E-state index contributed by atoms with van der Waals surface area (Å²) in [5.41, 5.74) is 2.51. The fourth-order valence-corrected chi connectivity index (χ4v) is 2.19. The smallest absolute Gasteiger partial charge is 0.156 e. The van der Waals surface area contributed by atoms with E-state index in [1.165, 1.54) is 16.5 Å². The molecule has 4 heteroatoms. The summed E-state index contributed by atoms with van der Waals surface area (Å²) in [6, 6.07) is 10.5. The number of nitrogens with zero attached hydrogens (tertiary/aromatic N) is 2. The summed E-state index contributed by atoms with van der Waals surface area (Å²) in [6.07, 6.45) is 3.75. The van der Waals surface area contributed by atoms with Gasteiger partial charge in [0.15, 0.2) is 5.76 Å². The van der Waals surface area contributed by atoms with E-state index in [2.05, 4.69) is 45.5 Å². The van der Waals surface area contributed by atoms with E-state index in [4.69, 9.17) is 4.52 Å². The van der Waals surface area contributed by atoms with E-state index in [-0.39, 0.29) is 0 Å². The molecule has 3 aromatic rings. The lowest BCUT2D eigenvalue weighted by molar-refractivity contribution is 0.378. The molecule has 2 heterocycles. The van der Waals surface area contributed by atoms with Crippen LogP contribution in [-0.2, 0) is 13.1 Å². The van der Waals surface area contributed by atoms with Crippen molar-refractivity contribution < 1.29 is 4.52 Å². The van der Waals surface area contributed by atoms with Gasteiger partial charge in [0.25, 0.3) is 0 Å². The number of aromatic nitrogens is 2. The molecule has 0 aliphatic carbocycles. The first-order valence-electron chi connectivity index (χ1n) is 5.99. The zero-order valence-corrected chi connectivity index (χ0v) is 10.3. The second-order valence-electron chi connectivity index (χ2n) is 4.35. The van der Waals surface area contributed by atoms with Crippen molar-refractivity contribution in [3.8, 4) is 0 Å². The van der Waals surface area contributed by atoms with E-state index < -0.39 is 0 Å². The second-order valence-corrected chi connectivity index (χ2v) is 4.35. The number of fused-ring (bicyclic) bond motifs is 1. The van der Waals surface area contributed by atoms with Crippen LogP contribution >= 0.6 is 0 Å². The summed E-state index contributed by atoms with van der Waals surface area (Å²) in [5.74, 6) is 0.867. The average molecular weight is 241 g/mol. The molecule has 2 aromatic heterocycles. The molecule has 18 heavy (non-hydrogen) atoms. The normalized spacial score (nSPS) is 11.2. The molecule has 3 rings (SSSR count). The quantitative estimate of drug-likeness (QED) is 0.762. The molecule has 0 unspecified atom stereocenters. The van der Waals surface area contributed by atoms with Gasteiger partial charge < -0.3 is 14.4 Å². The van der Waals surface area contributed by atoms with E-state index >= 15 is 0 Å². The lowest BCUT2D eigenvalue weighted by atomic mass is 10.1. The Balaban J connectivity index is 1.94. The molecule has 0 aliphatic heterocycles. The van der Waals surface area contributed by atoms with Gasteiger partial charge in [-0.25, -0.2) is 0 Å². The maximum absolute atomic E-state index is 5.14. The molecule has 0 bridgehead atoms. The van der Waals surface area contributed by atoms with E-state index in [1.54, 1.807) is 6.20 Å². The summed E-state index contributed by atoms with van der Waals surface area (Å²) in [6.45, 7) is 1.61. The van der Waals surface area contributed by atoms with E-state index in [0.29, 0.717) is 0 Å². The van der Waals surface area contributed by atoms with Crippen molar-refractivity contribution in [1.82, 2.24) is 15.0 Å². The Labute approximate surface area is 105 Å². The largest absolute Gasteiger partial charge is 0.359 e. The van der Waals surface area contributed by atoms with Gasteiger partial charge in [-0.2, -0.15) is 0 Å². The summed E-state index contributed by atoms with van der Waals surface area (Å²) >= 11 is 0. The van der Waals surface area contributed by atoms with Crippen molar-refractivity contribution in [1.29, 1.82) is 0 Å². The maximum atomic E-state index is 5.14. The van der Waals surface area contributed by atoms with Crippen molar-refractivity contribution in [3.05, 3.63) is 54.0 Å². The summed E-state index contributed by atoms with van der Waals surface area (Å²) < 4.78 is 7.30. The highest BCUT2D eigenvalue weighted by Crippen LogP contribution is 2.19. The van der Waals surface area contributed by atoms with Gasteiger partial charge in [-0.05, 0) is 36.2 Å². The maximum Gasteiger partial charge on any atom is 0.156 e. The van der Waals surface area contributed by atoms with E-state index in [0.717, 1.165) is 18.8 Å². The van der Waals surface area contributed by atoms with Gasteiger partial charge in [0, 0.05) is 24.3 Å². The van der Waals surface area contributed by atoms with Gasteiger partial charge in [0.1, 0.15) is 0 Å². The van der Waals surface area contributed by atoms with Crippen LogP contribution in [0.25, 0.3) is 10.9 Å². The number of nitrogens with one attached hydrogen (secondary N) is 1. The van der Waals surface area contributed by atoms with Crippen molar-refractivity contribution in [3.63, 3.8) is 0 Å². The molecular formula is C14H15N3O. The first-order valence-corrected chi connectivity index (χ1v) is 5.99. The van der Waals surface area contributed by atoms with Crippen LogP contribution in [0, 0.1) is 0 Å². The van der Waals surface area contributed by atoms with Crippen molar-refractivity contribution in [2.45, 2.75) is 13.1 Å².